The molecule has 5 fully saturated rings. The molecule has 0 aromatic carbocycles. The molecular weight excluding hydrogens is 391 g/mol. The Morgan fingerprint density at radius 3 is 2.63 bits per heavy atom. The zero-order chi connectivity index (χ0) is 21.0. The molecule has 2 heterocycles. The number of allylic oxidation sites excluding steroid dienone is 1. The first-order valence-electron chi connectivity index (χ1n) is 11.3. The number of ether oxygens (including phenoxy) is 4. The number of rotatable bonds is 0. The zero-order valence-electron chi connectivity index (χ0n) is 17.7. The fraction of sp³-hybridized carbons (Fsp3) is 0.870. The lowest BCUT2D eigenvalue weighted by atomic mass is 9.43. The van der Waals surface area contributed by atoms with Gasteiger partial charge in [-0.2, -0.15) is 0 Å². The van der Waals surface area contributed by atoms with E-state index >= 15 is 4.39 Å². The van der Waals surface area contributed by atoms with Crippen LogP contribution in [-0.4, -0.2) is 54.2 Å². The van der Waals surface area contributed by atoms with Crippen molar-refractivity contribution in [2.45, 2.75) is 82.0 Å². The van der Waals surface area contributed by atoms with Crippen LogP contribution in [0.2, 0.25) is 0 Å². The summed E-state index contributed by atoms with van der Waals surface area (Å²) >= 11 is 0. The zero-order valence-corrected chi connectivity index (χ0v) is 17.7. The minimum absolute atomic E-state index is 0.0460. The molecule has 1 N–H and O–H groups in total. The van der Waals surface area contributed by atoms with Gasteiger partial charge in [-0.25, -0.2) is 4.39 Å². The average Bonchev–Trinajstić information content (AvgIpc) is 3.40. The van der Waals surface area contributed by atoms with E-state index < -0.39 is 34.0 Å². The van der Waals surface area contributed by atoms with Crippen LogP contribution in [0, 0.1) is 22.7 Å². The Hall–Kier alpha value is -0.860. The lowest BCUT2D eigenvalue weighted by Crippen LogP contribution is -2.71. The highest BCUT2D eigenvalue weighted by atomic mass is 19.1. The number of fused-ring (bicyclic) bond motifs is 7. The van der Waals surface area contributed by atoms with Crippen LogP contribution < -0.4 is 0 Å². The topological polar surface area (TPSA) is 74.2 Å². The van der Waals surface area contributed by atoms with E-state index in [0.29, 0.717) is 38.7 Å². The van der Waals surface area contributed by atoms with Gasteiger partial charge >= 0.3 is 0 Å². The minimum Gasteiger partial charge on any atom is -0.390 e. The Morgan fingerprint density at radius 1 is 1.07 bits per heavy atom. The van der Waals surface area contributed by atoms with Crippen molar-refractivity contribution in [2.75, 3.05) is 20.2 Å². The summed E-state index contributed by atoms with van der Waals surface area (Å²) in [6.45, 7) is 4.64. The van der Waals surface area contributed by atoms with Gasteiger partial charge in [0, 0.05) is 23.2 Å². The van der Waals surface area contributed by atoms with Crippen LogP contribution in [0.1, 0.15) is 58.8 Å². The molecule has 1 unspecified atom stereocenters. The summed E-state index contributed by atoms with van der Waals surface area (Å²) in [5, 5.41) is 11.5. The first-order valence-corrected chi connectivity index (χ1v) is 11.3. The van der Waals surface area contributed by atoms with Gasteiger partial charge in [0.1, 0.15) is 17.9 Å². The van der Waals surface area contributed by atoms with Gasteiger partial charge in [0.05, 0.1) is 6.10 Å². The predicted molar refractivity (Wildman–Crippen MR) is 103 cm³/mol. The van der Waals surface area contributed by atoms with Crippen LogP contribution in [0.3, 0.4) is 0 Å². The van der Waals surface area contributed by atoms with Gasteiger partial charge in [0.2, 0.25) is 5.79 Å². The number of aliphatic hydroxyl groups excluding tert-OH is 1. The third kappa shape index (κ3) is 1.97. The summed E-state index contributed by atoms with van der Waals surface area (Å²) in [4.78, 5) is 12.0. The van der Waals surface area contributed by atoms with Crippen molar-refractivity contribution in [3.05, 3.63) is 11.6 Å². The number of hydrogen-bond donors (Lipinski definition) is 1. The van der Waals surface area contributed by atoms with Crippen molar-refractivity contribution >= 4 is 5.78 Å². The Bertz CT molecular complexity index is 817. The molecule has 2 spiro atoms. The van der Waals surface area contributed by atoms with Crippen molar-refractivity contribution in [1.82, 2.24) is 0 Å². The van der Waals surface area contributed by atoms with E-state index in [1.165, 1.54) is 0 Å². The second kappa shape index (κ2) is 5.93. The fourth-order valence-corrected chi connectivity index (χ4v) is 8.54. The average molecular weight is 422 g/mol. The standard InChI is InChI=1S/C23H31FO6/c1-19-7-5-15(25)9-14(19)3-4-17-16-6-8-21(20(16,2)10-18(26)23(17,19)24)22(30-13-28-21)11-27-12-29-22/h9,16-18,26H,3-8,10-13H2,1-2H3/t16-,17-,18-,19-,20-,21+,22?,23-/m0/s1. The number of alkyl halides is 1. The molecule has 166 valence electrons. The van der Waals surface area contributed by atoms with Crippen LogP contribution in [0.4, 0.5) is 4.39 Å². The second-order valence-corrected chi connectivity index (χ2v) is 10.8. The molecule has 6 aliphatic rings. The number of carbonyl (C=O) groups is 1. The van der Waals surface area contributed by atoms with Crippen LogP contribution in [0.25, 0.3) is 0 Å². The van der Waals surface area contributed by atoms with Crippen molar-refractivity contribution < 1.29 is 33.2 Å². The summed E-state index contributed by atoms with van der Waals surface area (Å²) in [6.07, 6.45) is 4.50. The number of ketones is 1. The predicted octanol–water partition coefficient (Wildman–Crippen LogP) is 3.02. The van der Waals surface area contributed by atoms with Crippen LogP contribution >= 0.6 is 0 Å². The molecule has 30 heavy (non-hydrogen) atoms. The van der Waals surface area contributed by atoms with Gasteiger partial charge in [-0.15, -0.1) is 0 Å². The van der Waals surface area contributed by atoms with Gasteiger partial charge in [-0.1, -0.05) is 19.4 Å². The SMILES string of the molecule is C[C@]12CCC(=O)C=C1CC[C@H]1[C@@H]3CC[C@@]4(OCOC45COCO5)[C@@]3(C)C[C@H](O)[C@@]12F. The molecule has 0 radical (unpaired) electrons. The fourth-order valence-electron chi connectivity index (χ4n) is 8.54. The molecule has 7 heteroatoms. The lowest BCUT2D eigenvalue weighted by Gasteiger charge is -2.64. The summed E-state index contributed by atoms with van der Waals surface area (Å²) in [7, 11) is 0. The highest BCUT2D eigenvalue weighted by Crippen LogP contribution is 2.73. The first-order chi connectivity index (χ1) is 14.2. The van der Waals surface area contributed by atoms with Gasteiger partial charge in [0.15, 0.2) is 19.4 Å². The minimum atomic E-state index is -1.74. The number of halogens is 1. The van der Waals surface area contributed by atoms with Crippen LogP contribution in [-0.2, 0) is 23.7 Å². The second-order valence-electron chi connectivity index (χ2n) is 10.8. The van der Waals surface area contributed by atoms with E-state index in [1.54, 1.807) is 6.08 Å². The van der Waals surface area contributed by atoms with E-state index in [0.717, 1.165) is 12.0 Å². The largest absolute Gasteiger partial charge is 0.390 e. The van der Waals surface area contributed by atoms with E-state index in [9.17, 15) is 9.90 Å². The lowest BCUT2D eigenvalue weighted by molar-refractivity contribution is -0.273. The Morgan fingerprint density at radius 2 is 1.87 bits per heavy atom. The Balaban J connectivity index is 1.44. The highest BCUT2D eigenvalue weighted by Gasteiger charge is 2.79. The summed E-state index contributed by atoms with van der Waals surface area (Å²) < 4.78 is 41.0. The van der Waals surface area contributed by atoms with E-state index in [1.807, 2.05) is 6.92 Å². The quantitative estimate of drug-likeness (QED) is 0.647. The van der Waals surface area contributed by atoms with Gasteiger partial charge in [0.25, 0.3) is 0 Å². The Kier molecular flexibility index (Phi) is 3.91. The maximum Gasteiger partial charge on any atom is 0.226 e. The molecule has 0 aromatic heterocycles. The molecule has 0 bridgehead atoms. The van der Waals surface area contributed by atoms with Gasteiger partial charge in [-0.3, -0.25) is 4.79 Å². The van der Waals surface area contributed by atoms with Crippen molar-refractivity contribution in [1.29, 1.82) is 0 Å². The molecule has 4 aliphatic carbocycles. The molecule has 2 saturated heterocycles. The maximum atomic E-state index is 17.2. The normalized spacial score (nSPS) is 57.4. The van der Waals surface area contributed by atoms with Crippen molar-refractivity contribution in [3.63, 3.8) is 0 Å². The first kappa shape index (κ1) is 19.8. The molecule has 8 atom stereocenters. The van der Waals surface area contributed by atoms with Crippen molar-refractivity contribution in [3.8, 4) is 0 Å². The summed E-state index contributed by atoms with van der Waals surface area (Å²) in [5.41, 5.74) is -2.88. The van der Waals surface area contributed by atoms with Crippen LogP contribution in [0.5, 0.6) is 0 Å². The molecule has 0 aromatic rings. The monoisotopic (exact) mass is 422 g/mol. The van der Waals surface area contributed by atoms with E-state index in [-0.39, 0.29) is 37.6 Å². The third-order valence-electron chi connectivity index (χ3n) is 10.0. The third-order valence-corrected chi connectivity index (χ3v) is 10.0. The van der Waals surface area contributed by atoms with Gasteiger partial charge in [-0.05, 0) is 50.5 Å². The smallest absolute Gasteiger partial charge is 0.226 e. The molecule has 2 aliphatic heterocycles. The van der Waals surface area contributed by atoms with E-state index in [2.05, 4.69) is 6.92 Å². The molecular formula is C23H31FO6. The Labute approximate surface area is 176 Å². The van der Waals surface area contributed by atoms with Crippen LogP contribution in [0.15, 0.2) is 11.6 Å². The highest BCUT2D eigenvalue weighted by molar-refractivity contribution is 5.91. The molecule has 0 amide bonds. The number of carbonyl (C=O) groups excluding carboxylic acids is 1. The molecule has 3 saturated carbocycles. The van der Waals surface area contributed by atoms with Crippen molar-refractivity contribution in [2.24, 2.45) is 22.7 Å². The summed E-state index contributed by atoms with van der Waals surface area (Å²) in [6, 6.07) is 0. The number of aliphatic hydroxyl groups is 1. The molecule has 6 rings (SSSR count). The summed E-state index contributed by atoms with van der Waals surface area (Å²) in [5.74, 6) is -1.14. The molecule has 6 nitrogen and oxygen atoms in total. The van der Waals surface area contributed by atoms with E-state index in [4.69, 9.17) is 18.9 Å². The van der Waals surface area contributed by atoms with Gasteiger partial charge < -0.3 is 24.1 Å². The maximum absolute atomic E-state index is 17.2. The number of hydrogen-bond acceptors (Lipinski definition) is 6.